The second kappa shape index (κ2) is 4.43. The molecule has 19 heavy (non-hydrogen) atoms. The number of aliphatic hydroxyl groups excluding tert-OH is 2. The maximum atomic E-state index is 12.3. The first-order valence-electron chi connectivity index (χ1n) is 7.13. The van der Waals surface area contributed by atoms with Gasteiger partial charge in [0.25, 0.3) is 0 Å². The first kappa shape index (κ1) is 13.3. The number of carbonyl (C=O) groups is 1. The van der Waals surface area contributed by atoms with Crippen LogP contribution in [-0.4, -0.2) is 46.2 Å². The van der Waals surface area contributed by atoms with Gasteiger partial charge in [-0.15, -0.1) is 0 Å². The summed E-state index contributed by atoms with van der Waals surface area (Å²) in [6.07, 6.45) is 3.86. The summed E-state index contributed by atoms with van der Waals surface area (Å²) in [7, 11) is 0. The molecule has 3 N–H and O–H groups in total. The second-order valence-electron chi connectivity index (χ2n) is 6.90. The van der Waals surface area contributed by atoms with E-state index in [0.717, 1.165) is 32.1 Å². The van der Waals surface area contributed by atoms with Crippen LogP contribution in [-0.2, 0) is 9.53 Å². The van der Waals surface area contributed by atoms with Gasteiger partial charge in [-0.25, -0.2) is 0 Å². The standard InChI is InChI=1S/C14H22O5/c15-6-11(16)7-19-12(17)13-2-9-1-10(3-13)5-14(18,4-9)8-13/h9-11,15-16,18H,1-8H2. The lowest BCUT2D eigenvalue weighted by Crippen LogP contribution is -2.58. The van der Waals surface area contributed by atoms with Crippen molar-refractivity contribution in [3.05, 3.63) is 0 Å². The molecule has 5 nitrogen and oxygen atoms in total. The Morgan fingerprint density at radius 2 is 1.89 bits per heavy atom. The number of hydrogen-bond acceptors (Lipinski definition) is 5. The van der Waals surface area contributed by atoms with Crippen molar-refractivity contribution in [2.24, 2.45) is 17.3 Å². The van der Waals surface area contributed by atoms with Crippen LogP contribution >= 0.6 is 0 Å². The van der Waals surface area contributed by atoms with Gasteiger partial charge in [-0.05, 0) is 50.4 Å². The van der Waals surface area contributed by atoms with Crippen LogP contribution in [0, 0.1) is 17.3 Å². The fourth-order valence-corrected chi connectivity index (χ4v) is 4.83. The van der Waals surface area contributed by atoms with Gasteiger partial charge in [0.1, 0.15) is 12.7 Å². The number of hydrogen-bond donors (Lipinski definition) is 3. The van der Waals surface area contributed by atoms with Crippen molar-refractivity contribution < 1.29 is 24.9 Å². The fourth-order valence-electron chi connectivity index (χ4n) is 4.83. The molecular weight excluding hydrogens is 248 g/mol. The normalized spacial score (nSPS) is 45.2. The lowest BCUT2D eigenvalue weighted by Gasteiger charge is -2.58. The first-order valence-corrected chi connectivity index (χ1v) is 7.13. The minimum atomic E-state index is -1.01. The van der Waals surface area contributed by atoms with E-state index in [2.05, 4.69) is 0 Å². The van der Waals surface area contributed by atoms with E-state index in [1.54, 1.807) is 0 Å². The van der Waals surface area contributed by atoms with E-state index in [9.17, 15) is 15.0 Å². The minimum Gasteiger partial charge on any atom is -0.462 e. The Labute approximate surface area is 112 Å². The SMILES string of the molecule is O=C(OCC(O)CO)C12CC3CC(CC(O)(C3)C1)C2. The van der Waals surface area contributed by atoms with Crippen LogP contribution in [0.4, 0.5) is 0 Å². The van der Waals surface area contributed by atoms with Gasteiger partial charge < -0.3 is 20.1 Å². The Balaban J connectivity index is 1.71. The van der Waals surface area contributed by atoms with Gasteiger partial charge in [-0.3, -0.25) is 4.79 Å². The van der Waals surface area contributed by atoms with E-state index in [0.29, 0.717) is 18.3 Å². The van der Waals surface area contributed by atoms with Crippen molar-refractivity contribution in [2.75, 3.05) is 13.2 Å². The molecule has 0 aliphatic heterocycles. The van der Waals surface area contributed by atoms with E-state index in [-0.39, 0.29) is 12.6 Å². The molecule has 0 spiro atoms. The number of esters is 1. The molecule has 0 aromatic carbocycles. The maximum Gasteiger partial charge on any atom is 0.312 e. The molecule has 0 heterocycles. The summed E-state index contributed by atoms with van der Waals surface area (Å²) in [4.78, 5) is 12.3. The minimum absolute atomic E-state index is 0.162. The number of rotatable bonds is 4. The maximum absolute atomic E-state index is 12.3. The van der Waals surface area contributed by atoms with Crippen LogP contribution in [0.15, 0.2) is 0 Å². The predicted octanol–water partition coefficient (Wildman–Crippen LogP) is 0.214. The van der Waals surface area contributed by atoms with Gasteiger partial charge >= 0.3 is 5.97 Å². The number of carbonyl (C=O) groups excluding carboxylic acids is 1. The molecular formula is C14H22O5. The van der Waals surface area contributed by atoms with E-state index >= 15 is 0 Å². The van der Waals surface area contributed by atoms with Crippen LogP contribution in [0.25, 0.3) is 0 Å². The Bertz CT molecular complexity index is 366. The average molecular weight is 270 g/mol. The zero-order valence-corrected chi connectivity index (χ0v) is 11.0. The van der Waals surface area contributed by atoms with Gasteiger partial charge in [-0.1, -0.05) is 0 Å². The summed E-state index contributed by atoms with van der Waals surface area (Å²) < 4.78 is 5.16. The molecule has 4 aliphatic rings. The molecule has 5 heteroatoms. The molecule has 4 rings (SSSR count). The van der Waals surface area contributed by atoms with Gasteiger partial charge in [-0.2, -0.15) is 0 Å². The third-order valence-corrected chi connectivity index (χ3v) is 5.08. The van der Waals surface area contributed by atoms with E-state index in [1.807, 2.05) is 0 Å². The quantitative estimate of drug-likeness (QED) is 0.636. The monoisotopic (exact) mass is 270 g/mol. The largest absolute Gasteiger partial charge is 0.462 e. The summed E-state index contributed by atoms with van der Waals surface area (Å²) in [6, 6.07) is 0. The Morgan fingerprint density at radius 1 is 1.26 bits per heavy atom. The van der Waals surface area contributed by atoms with Crippen molar-refractivity contribution in [1.82, 2.24) is 0 Å². The molecule has 0 aromatic heterocycles. The molecule has 4 saturated carbocycles. The van der Waals surface area contributed by atoms with Gasteiger partial charge in [0.05, 0.1) is 17.6 Å². The van der Waals surface area contributed by atoms with E-state index < -0.39 is 23.7 Å². The summed E-state index contributed by atoms with van der Waals surface area (Å²) >= 11 is 0. The van der Waals surface area contributed by atoms with Crippen LogP contribution in [0.5, 0.6) is 0 Å². The fraction of sp³-hybridized carbons (Fsp3) is 0.929. The third-order valence-electron chi connectivity index (χ3n) is 5.08. The second-order valence-corrected chi connectivity index (χ2v) is 6.90. The van der Waals surface area contributed by atoms with Crippen molar-refractivity contribution in [3.63, 3.8) is 0 Å². The molecule has 3 atom stereocenters. The highest BCUT2D eigenvalue weighted by molar-refractivity contribution is 5.77. The molecule has 4 bridgehead atoms. The van der Waals surface area contributed by atoms with E-state index in [1.165, 1.54) is 0 Å². The van der Waals surface area contributed by atoms with Gasteiger partial charge in [0.15, 0.2) is 0 Å². The molecule has 4 fully saturated rings. The zero-order chi connectivity index (χ0) is 13.7. The van der Waals surface area contributed by atoms with Crippen molar-refractivity contribution in [1.29, 1.82) is 0 Å². The molecule has 0 aromatic rings. The highest BCUT2D eigenvalue weighted by atomic mass is 16.5. The summed E-state index contributed by atoms with van der Waals surface area (Å²) in [5.41, 5.74) is -1.23. The summed E-state index contributed by atoms with van der Waals surface area (Å²) in [5, 5.41) is 28.5. The Hall–Kier alpha value is -0.650. The van der Waals surface area contributed by atoms with Gasteiger partial charge in [0.2, 0.25) is 0 Å². The van der Waals surface area contributed by atoms with Crippen molar-refractivity contribution in [2.45, 2.75) is 50.2 Å². The highest BCUT2D eigenvalue weighted by Gasteiger charge is 2.60. The lowest BCUT2D eigenvalue weighted by atomic mass is 9.48. The van der Waals surface area contributed by atoms with Crippen LogP contribution in [0.2, 0.25) is 0 Å². The molecule has 0 radical (unpaired) electrons. The van der Waals surface area contributed by atoms with Gasteiger partial charge in [0, 0.05) is 0 Å². The van der Waals surface area contributed by atoms with Crippen LogP contribution in [0.3, 0.4) is 0 Å². The molecule has 108 valence electrons. The predicted molar refractivity (Wildman–Crippen MR) is 66.1 cm³/mol. The average Bonchev–Trinajstić information content (AvgIpc) is 2.32. The molecule has 4 aliphatic carbocycles. The molecule has 3 unspecified atom stereocenters. The molecule has 0 amide bonds. The zero-order valence-electron chi connectivity index (χ0n) is 11.0. The van der Waals surface area contributed by atoms with Crippen molar-refractivity contribution in [3.8, 4) is 0 Å². The Morgan fingerprint density at radius 3 is 2.42 bits per heavy atom. The van der Waals surface area contributed by atoms with Crippen molar-refractivity contribution >= 4 is 5.97 Å². The number of aliphatic hydroxyl groups is 3. The van der Waals surface area contributed by atoms with Crippen LogP contribution < -0.4 is 0 Å². The lowest BCUT2D eigenvalue weighted by molar-refractivity contribution is -0.198. The first-order chi connectivity index (χ1) is 8.95. The topological polar surface area (TPSA) is 87.0 Å². The van der Waals surface area contributed by atoms with E-state index in [4.69, 9.17) is 9.84 Å². The third kappa shape index (κ3) is 2.28. The Kier molecular flexibility index (Phi) is 3.11. The summed E-state index contributed by atoms with van der Waals surface area (Å²) in [5.74, 6) is 0.565. The van der Waals surface area contributed by atoms with Crippen LogP contribution in [0.1, 0.15) is 38.5 Å². The molecule has 0 saturated heterocycles. The summed E-state index contributed by atoms with van der Waals surface area (Å²) in [6.45, 7) is -0.569. The number of ether oxygens (including phenoxy) is 1. The highest BCUT2D eigenvalue weighted by Crippen LogP contribution is 2.61. The smallest absolute Gasteiger partial charge is 0.312 e.